The number of aromatic nitrogens is 2. The summed E-state index contributed by atoms with van der Waals surface area (Å²) in [5.41, 5.74) is -0.306. The molecule has 1 aliphatic rings. The molecule has 1 aromatic rings. The van der Waals surface area contributed by atoms with Gasteiger partial charge >= 0.3 is 5.97 Å². The molecule has 24 heavy (non-hydrogen) atoms. The summed E-state index contributed by atoms with van der Waals surface area (Å²) in [7, 11) is -3.40. The van der Waals surface area contributed by atoms with Crippen molar-refractivity contribution >= 4 is 15.8 Å². The Labute approximate surface area is 143 Å². The molecule has 1 aromatic heterocycles. The second-order valence-electron chi connectivity index (χ2n) is 7.11. The molecule has 0 unspecified atom stereocenters. The van der Waals surface area contributed by atoms with Gasteiger partial charge in [0.15, 0.2) is 0 Å². The highest BCUT2D eigenvalue weighted by atomic mass is 32.2. The van der Waals surface area contributed by atoms with E-state index < -0.39 is 15.4 Å². The second-order valence-corrected chi connectivity index (χ2v) is 9.02. The Morgan fingerprint density at radius 3 is 2.33 bits per heavy atom. The van der Waals surface area contributed by atoms with E-state index in [0.717, 1.165) is 19.1 Å². The number of carbonyl (C=O) groups is 1. The van der Waals surface area contributed by atoms with Crippen LogP contribution >= 0.6 is 0 Å². The van der Waals surface area contributed by atoms with E-state index >= 15 is 0 Å². The number of nitrogens with zero attached hydrogens (tertiary/aromatic N) is 2. The van der Waals surface area contributed by atoms with E-state index in [4.69, 9.17) is 4.74 Å². The van der Waals surface area contributed by atoms with Gasteiger partial charge in [0.05, 0.1) is 11.0 Å². The number of hydrogen-bond acceptors (Lipinski definition) is 6. The molecule has 0 saturated heterocycles. The van der Waals surface area contributed by atoms with Crippen molar-refractivity contribution in [3.8, 4) is 11.8 Å². The van der Waals surface area contributed by atoms with Gasteiger partial charge in [0, 0.05) is 25.1 Å². The SMILES string of the molecule is CC(C)(C)OC(=O)C1(CCC#Cc2cnc(S(C)(=O)=O)nc2)CC1. The van der Waals surface area contributed by atoms with E-state index in [2.05, 4.69) is 21.8 Å². The molecule has 2 rings (SSSR count). The van der Waals surface area contributed by atoms with Gasteiger partial charge in [-0.25, -0.2) is 18.4 Å². The quantitative estimate of drug-likeness (QED) is 0.470. The first-order valence-electron chi connectivity index (χ1n) is 7.76. The monoisotopic (exact) mass is 350 g/mol. The number of hydrogen-bond donors (Lipinski definition) is 0. The Balaban J connectivity index is 1.91. The predicted molar refractivity (Wildman–Crippen MR) is 88.8 cm³/mol. The van der Waals surface area contributed by atoms with Gasteiger partial charge in [-0.05, 0) is 40.0 Å². The van der Waals surface area contributed by atoms with Crippen molar-refractivity contribution in [3.05, 3.63) is 18.0 Å². The standard InChI is InChI=1S/C17H22N2O4S/c1-16(2,3)23-14(20)17(9-10-17)8-6-5-7-13-11-18-15(19-12-13)24(4,21)22/h11-12H,6,8-10H2,1-4H3. The smallest absolute Gasteiger partial charge is 0.312 e. The van der Waals surface area contributed by atoms with Gasteiger partial charge in [-0.1, -0.05) is 11.8 Å². The van der Waals surface area contributed by atoms with Crippen molar-refractivity contribution in [2.24, 2.45) is 5.41 Å². The first kappa shape index (κ1) is 18.4. The molecule has 0 aromatic carbocycles. The van der Waals surface area contributed by atoms with Gasteiger partial charge in [-0.3, -0.25) is 4.79 Å². The highest BCUT2D eigenvalue weighted by Gasteiger charge is 2.51. The van der Waals surface area contributed by atoms with E-state index in [1.807, 2.05) is 20.8 Å². The van der Waals surface area contributed by atoms with Crippen LogP contribution in [-0.4, -0.2) is 36.2 Å². The molecule has 0 atom stereocenters. The van der Waals surface area contributed by atoms with Crippen LogP contribution in [0.5, 0.6) is 0 Å². The van der Waals surface area contributed by atoms with Crippen LogP contribution in [0, 0.1) is 17.3 Å². The normalized spacial score (nSPS) is 16.0. The Hall–Kier alpha value is -1.94. The first-order valence-corrected chi connectivity index (χ1v) is 9.65. The first-order chi connectivity index (χ1) is 11.0. The van der Waals surface area contributed by atoms with Crippen molar-refractivity contribution in [2.45, 2.75) is 57.2 Å². The van der Waals surface area contributed by atoms with Crippen molar-refractivity contribution in [1.82, 2.24) is 9.97 Å². The minimum absolute atomic E-state index is 0.141. The maximum absolute atomic E-state index is 12.2. The van der Waals surface area contributed by atoms with E-state index in [0.29, 0.717) is 18.4 Å². The Kier molecular flexibility index (Phi) is 5.00. The van der Waals surface area contributed by atoms with Gasteiger partial charge in [0.1, 0.15) is 5.60 Å². The molecular weight excluding hydrogens is 328 g/mol. The summed E-state index contributed by atoms with van der Waals surface area (Å²) in [4.78, 5) is 19.8. The van der Waals surface area contributed by atoms with Crippen molar-refractivity contribution in [1.29, 1.82) is 0 Å². The molecule has 7 heteroatoms. The molecule has 6 nitrogen and oxygen atoms in total. The van der Waals surface area contributed by atoms with Crippen molar-refractivity contribution in [2.75, 3.05) is 6.26 Å². The van der Waals surface area contributed by atoms with Crippen LogP contribution in [0.4, 0.5) is 0 Å². The molecule has 0 radical (unpaired) electrons. The predicted octanol–water partition coefficient (Wildman–Crippen LogP) is 2.13. The van der Waals surface area contributed by atoms with Gasteiger partial charge in [0.25, 0.3) is 0 Å². The third-order valence-corrected chi connectivity index (χ3v) is 4.48. The van der Waals surface area contributed by atoms with E-state index in [1.165, 1.54) is 12.4 Å². The summed E-state index contributed by atoms with van der Waals surface area (Å²) >= 11 is 0. The summed E-state index contributed by atoms with van der Waals surface area (Å²) < 4.78 is 28.0. The molecule has 130 valence electrons. The molecule has 1 fully saturated rings. The summed E-state index contributed by atoms with van der Waals surface area (Å²) in [5.74, 6) is 5.73. The van der Waals surface area contributed by atoms with Gasteiger partial charge < -0.3 is 4.74 Å². The van der Waals surface area contributed by atoms with Gasteiger partial charge in [-0.2, -0.15) is 0 Å². The fraction of sp³-hybridized carbons (Fsp3) is 0.588. The molecule has 0 bridgehead atoms. The van der Waals surface area contributed by atoms with Gasteiger partial charge in [0.2, 0.25) is 15.0 Å². The third-order valence-electron chi connectivity index (χ3n) is 3.61. The van der Waals surface area contributed by atoms with Crippen LogP contribution in [0.3, 0.4) is 0 Å². The fourth-order valence-electron chi connectivity index (χ4n) is 2.13. The largest absolute Gasteiger partial charge is 0.460 e. The van der Waals surface area contributed by atoms with Gasteiger partial charge in [-0.15, -0.1) is 0 Å². The Morgan fingerprint density at radius 1 is 1.29 bits per heavy atom. The number of carbonyl (C=O) groups excluding carboxylic acids is 1. The second kappa shape index (κ2) is 6.52. The minimum atomic E-state index is -3.40. The highest BCUT2D eigenvalue weighted by Crippen LogP contribution is 2.51. The van der Waals surface area contributed by atoms with E-state index in [-0.39, 0.29) is 16.5 Å². The average molecular weight is 350 g/mol. The van der Waals surface area contributed by atoms with Crippen LogP contribution in [-0.2, 0) is 19.4 Å². The number of esters is 1. The molecule has 0 N–H and O–H groups in total. The summed E-state index contributed by atoms with van der Waals surface area (Å²) in [6, 6.07) is 0. The average Bonchev–Trinajstić information content (AvgIpc) is 3.23. The summed E-state index contributed by atoms with van der Waals surface area (Å²) in [6.45, 7) is 5.59. The zero-order valence-corrected chi connectivity index (χ0v) is 15.2. The van der Waals surface area contributed by atoms with Crippen LogP contribution < -0.4 is 0 Å². The summed E-state index contributed by atoms with van der Waals surface area (Å²) in [6.07, 6.45) is 6.74. The lowest BCUT2D eigenvalue weighted by Gasteiger charge is -2.23. The number of ether oxygens (including phenoxy) is 1. The maximum Gasteiger partial charge on any atom is 0.312 e. The lowest BCUT2D eigenvalue weighted by Crippen LogP contribution is -2.29. The Bertz CT molecular complexity index is 777. The Morgan fingerprint density at radius 2 is 1.88 bits per heavy atom. The van der Waals surface area contributed by atoms with Crippen LogP contribution in [0.2, 0.25) is 0 Å². The van der Waals surface area contributed by atoms with Crippen molar-refractivity contribution < 1.29 is 17.9 Å². The molecule has 0 amide bonds. The lowest BCUT2D eigenvalue weighted by atomic mass is 10.00. The zero-order chi connectivity index (χ0) is 18.0. The van der Waals surface area contributed by atoms with Crippen LogP contribution in [0.25, 0.3) is 0 Å². The lowest BCUT2D eigenvalue weighted by molar-refractivity contribution is -0.162. The molecule has 1 aliphatic carbocycles. The maximum atomic E-state index is 12.2. The molecule has 0 aliphatic heterocycles. The third kappa shape index (κ3) is 5.03. The van der Waals surface area contributed by atoms with E-state index in [1.54, 1.807) is 0 Å². The zero-order valence-electron chi connectivity index (χ0n) is 14.4. The van der Waals surface area contributed by atoms with Crippen LogP contribution in [0.15, 0.2) is 17.6 Å². The van der Waals surface area contributed by atoms with E-state index in [9.17, 15) is 13.2 Å². The summed E-state index contributed by atoms with van der Waals surface area (Å²) in [5, 5.41) is -0.213. The van der Waals surface area contributed by atoms with Crippen molar-refractivity contribution in [3.63, 3.8) is 0 Å². The molecular formula is C17H22N2O4S. The molecule has 1 heterocycles. The highest BCUT2D eigenvalue weighted by molar-refractivity contribution is 7.90. The minimum Gasteiger partial charge on any atom is -0.460 e. The fourth-order valence-corrected chi connectivity index (χ4v) is 2.62. The van der Waals surface area contributed by atoms with Crippen LogP contribution in [0.1, 0.15) is 52.0 Å². The number of sulfone groups is 1. The number of rotatable bonds is 4. The molecule has 0 spiro atoms. The molecule has 1 saturated carbocycles. The topological polar surface area (TPSA) is 86.2 Å².